The molecule has 0 aliphatic carbocycles. The number of nitrogens with zero attached hydrogens (tertiary/aromatic N) is 1. The van der Waals surface area contributed by atoms with Crippen LogP contribution in [0, 0.1) is 6.92 Å². The molecule has 1 aromatic rings. The molecule has 3 amide bonds. The molecule has 1 unspecified atom stereocenters. The average molecular weight is 275 g/mol. The standard InChI is InChI=1S/C15H21N3O2/c1-4-15(3)13(19)18(14(20)17-15)9-12-6-5-11(8-16)7-10(12)2/h5-7H,4,8-9,16H2,1-3H3,(H,17,20). The van der Waals surface area contributed by atoms with Crippen LogP contribution in [0.1, 0.15) is 37.0 Å². The number of hydrogen-bond acceptors (Lipinski definition) is 3. The Bertz CT molecular complexity index is 556. The molecule has 0 aromatic heterocycles. The molecule has 108 valence electrons. The van der Waals surface area contributed by atoms with E-state index in [0.29, 0.717) is 19.5 Å². The van der Waals surface area contributed by atoms with Gasteiger partial charge in [0.15, 0.2) is 0 Å². The van der Waals surface area contributed by atoms with Gasteiger partial charge in [-0.15, -0.1) is 0 Å². The SMILES string of the molecule is CCC1(C)NC(=O)N(Cc2ccc(CN)cc2C)C1=O. The van der Waals surface area contributed by atoms with E-state index in [1.165, 1.54) is 4.90 Å². The molecule has 2 rings (SSSR count). The summed E-state index contributed by atoms with van der Waals surface area (Å²) in [5, 5.41) is 2.76. The Labute approximate surface area is 119 Å². The number of aryl methyl sites for hydroxylation is 1. The number of amides is 3. The number of imide groups is 1. The third-order valence-corrected chi connectivity index (χ3v) is 4.02. The Morgan fingerprint density at radius 3 is 2.55 bits per heavy atom. The summed E-state index contributed by atoms with van der Waals surface area (Å²) in [5.74, 6) is -0.160. The van der Waals surface area contributed by atoms with E-state index in [0.717, 1.165) is 16.7 Å². The minimum Gasteiger partial charge on any atom is -0.326 e. The fraction of sp³-hybridized carbons (Fsp3) is 0.467. The molecule has 1 aliphatic rings. The second-order valence-corrected chi connectivity index (χ2v) is 5.47. The maximum atomic E-state index is 12.3. The van der Waals surface area contributed by atoms with Gasteiger partial charge in [-0.3, -0.25) is 9.69 Å². The number of rotatable bonds is 4. The van der Waals surface area contributed by atoms with E-state index in [4.69, 9.17) is 5.73 Å². The van der Waals surface area contributed by atoms with Crippen molar-refractivity contribution in [2.75, 3.05) is 0 Å². The van der Waals surface area contributed by atoms with Crippen LogP contribution in [0.25, 0.3) is 0 Å². The van der Waals surface area contributed by atoms with E-state index in [2.05, 4.69) is 5.32 Å². The van der Waals surface area contributed by atoms with Crippen LogP contribution in [-0.2, 0) is 17.9 Å². The van der Waals surface area contributed by atoms with Crippen LogP contribution in [-0.4, -0.2) is 22.4 Å². The van der Waals surface area contributed by atoms with Crippen molar-refractivity contribution < 1.29 is 9.59 Å². The number of benzene rings is 1. The van der Waals surface area contributed by atoms with Gasteiger partial charge in [-0.1, -0.05) is 25.1 Å². The first kappa shape index (κ1) is 14.5. The van der Waals surface area contributed by atoms with Crippen molar-refractivity contribution in [3.63, 3.8) is 0 Å². The first-order valence-electron chi connectivity index (χ1n) is 6.84. The van der Waals surface area contributed by atoms with E-state index >= 15 is 0 Å². The summed E-state index contributed by atoms with van der Waals surface area (Å²) in [5.41, 5.74) is 7.87. The van der Waals surface area contributed by atoms with Crippen LogP contribution in [0.15, 0.2) is 18.2 Å². The van der Waals surface area contributed by atoms with E-state index in [1.54, 1.807) is 6.92 Å². The van der Waals surface area contributed by atoms with Crippen molar-refractivity contribution in [2.24, 2.45) is 5.73 Å². The predicted octanol–water partition coefficient (Wildman–Crippen LogP) is 1.67. The number of hydrogen-bond donors (Lipinski definition) is 2. The van der Waals surface area contributed by atoms with Gasteiger partial charge in [0.1, 0.15) is 5.54 Å². The maximum absolute atomic E-state index is 12.3. The number of nitrogens with one attached hydrogen (secondary N) is 1. The van der Waals surface area contributed by atoms with Crippen LogP contribution < -0.4 is 11.1 Å². The second kappa shape index (κ2) is 5.25. The zero-order valence-corrected chi connectivity index (χ0v) is 12.2. The van der Waals surface area contributed by atoms with Crippen LogP contribution in [0.3, 0.4) is 0 Å². The van der Waals surface area contributed by atoms with Gasteiger partial charge in [0.25, 0.3) is 5.91 Å². The van der Waals surface area contributed by atoms with Crippen LogP contribution in [0.5, 0.6) is 0 Å². The Morgan fingerprint density at radius 2 is 2.05 bits per heavy atom. The summed E-state index contributed by atoms with van der Waals surface area (Å²) >= 11 is 0. The summed E-state index contributed by atoms with van der Waals surface area (Å²) in [6, 6.07) is 5.54. The molecule has 0 spiro atoms. The van der Waals surface area contributed by atoms with Gasteiger partial charge in [-0.25, -0.2) is 4.79 Å². The van der Waals surface area contributed by atoms with Crippen molar-refractivity contribution in [1.29, 1.82) is 0 Å². The predicted molar refractivity (Wildman–Crippen MR) is 76.8 cm³/mol. The van der Waals surface area contributed by atoms with Gasteiger partial charge in [0, 0.05) is 6.54 Å². The third-order valence-electron chi connectivity index (χ3n) is 4.02. The van der Waals surface area contributed by atoms with Crippen molar-refractivity contribution in [3.05, 3.63) is 34.9 Å². The lowest BCUT2D eigenvalue weighted by Crippen LogP contribution is -2.43. The fourth-order valence-electron chi connectivity index (χ4n) is 2.36. The molecular weight excluding hydrogens is 254 g/mol. The highest BCUT2D eigenvalue weighted by atomic mass is 16.2. The molecule has 20 heavy (non-hydrogen) atoms. The number of nitrogens with two attached hydrogens (primary N) is 1. The summed E-state index contributed by atoms with van der Waals surface area (Å²) in [4.78, 5) is 25.6. The molecule has 1 aromatic carbocycles. The van der Waals surface area contributed by atoms with Gasteiger partial charge in [0.05, 0.1) is 6.54 Å². The molecule has 0 bridgehead atoms. The molecular formula is C15H21N3O2. The molecule has 3 N–H and O–H groups in total. The van der Waals surface area contributed by atoms with Gasteiger partial charge in [0.2, 0.25) is 0 Å². The molecule has 1 fully saturated rings. The monoisotopic (exact) mass is 275 g/mol. The molecule has 5 nitrogen and oxygen atoms in total. The topological polar surface area (TPSA) is 75.4 Å². The average Bonchev–Trinajstić information content (AvgIpc) is 2.65. The Morgan fingerprint density at radius 1 is 1.35 bits per heavy atom. The summed E-state index contributed by atoms with van der Waals surface area (Å²) < 4.78 is 0. The Kier molecular flexibility index (Phi) is 3.81. The van der Waals surface area contributed by atoms with E-state index < -0.39 is 5.54 Å². The van der Waals surface area contributed by atoms with Crippen LogP contribution in [0.2, 0.25) is 0 Å². The maximum Gasteiger partial charge on any atom is 0.325 e. The third kappa shape index (κ3) is 2.41. The number of urea groups is 1. The lowest BCUT2D eigenvalue weighted by molar-refractivity contribution is -0.131. The van der Waals surface area contributed by atoms with Crippen molar-refractivity contribution in [2.45, 2.75) is 45.8 Å². The molecule has 0 saturated carbocycles. The fourth-order valence-corrected chi connectivity index (χ4v) is 2.36. The molecule has 1 aliphatic heterocycles. The molecule has 0 radical (unpaired) electrons. The molecule has 5 heteroatoms. The van der Waals surface area contributed by atoms with Crippen molar-refractivity contribution >= 4 is 11.9 Å². The minimum atomic E-state index is -0.776. The first-order chi connectivity index (χ1) is 9.41. The highest BCUT2D eigenvalue weighted by Gasteiger charge is 2.46. The highest BCUT2D eigenvalue weighted by Crippen LogP contribution is 2.23. The Balaban J connectivity index is 2.22. The smallest absolute Gasteiger partial charge is 0.325 e. The highest BCUT2D eigenvalue weighted by molar-refractivity contribution is 6.06. The van der Waals surface area contributed by atoms with E-state index in [9.17, 15) is 9.59 Å². The molecule has 1 heterocycles. The quantitative estimate of drug-likeness (QED) is 0.821. The van der Waals surface area contributed by atoms with Gasteiger partial charge < -0.3 is 11.1 Å². The Hall–Kier alpha value is -1.88. The summed E-state index contributed by atoms with van der Waals surface area (Å²) in [6.45, 7) is 6.40. The largest absolute Gasteiger partial charge is 0.326 e. The first-order valence-corrected chi connectivity index (χ1v) is 6.84. The number of carbonyl (C=O) groups is 2. The van der Waals surface area contributed by atoms with Gasteiger partial charge in [-0.05, 0) is 37.0 Å². The normalized spacial score (nSPS) is 22.3. The van der Waals surface area contributed by atoms with Crippen molar-refractivity contribution in [3.8, 4) is 0 Å². The second-order valence-electron chi connectivity index (χ2n) is 5.47. The minimum absolute atomic E-state index is 0.160. The zero-order valence-electron chi connectivity index (χ0n) is 12.2. The number of carbonyl (C=O) groups excluding carboxylic acids is 2. The van der Waals surface area contributed by atoms with E-state index in [-0.39, 0.29) is 11.9 Å². The summed E-state index contributed by atoms with van der Waals surface area (Å²) in [6.07, 6.45) is 0.583. The summed E-state index contributed by atoms with van der Waals surface area (Å²) in [7, 11) is 0. The lowest BCUT2D eigenvalue weighted by atomic mass is 9.99. The molecule has 1 saturated heterocycles. The molecule has 1 atom stereocenters. The van der Waals surface area contributed by atoms with Gasteiger partial charge >= 0.3 is 6.03 Å². The van der Waals surface area contributed by atoms with Crippen LogP contribution in [0.4, 0.5) is 4.79 Å². The zero-order chi connectivity index (χ0) is 14.9. The van der Waals surface area contributed by atoms with Crippen molar-refractivity contribution in [1.82, 2.24) is 10.2 Å². The van der Waals surface area contributed by atoms with Gasteiger partial charge in [-0.2, -0.15) is 0 Å². The lowest BCUT2D eigenvalue weighted by Gasteiger charge is -2.19. The van der Waals surface area contributed by atoms with E-state index in [1.807, 2.05) is 32.0 Å². The van der Waals surface area contributed by atoms with Crippen LogP contribution >= 0.6 is 0 Å².